The second-order valence-electron chi connectivity index (χ2n) is 13.6. The summed E-state index contributed by atoms with van der Waals surface area (Å²) in [5.74, 6) is 0.475. The Balaban J connectivity index is 1.36. The summed E-state index contributed by atoms with van der Waals surface area (Å²) in [6, 6.07) is -0.0231. The smallest absolute Gasteiger partial charge is 0.320 e. The van der Waals surface area contributed by atoms with E-state index in [4.69, 9.17) is 0 Å². The van der Waals surface area contributed by atoms with Crippen LogP contribution in [-0.2, 0) is 4.79 Å². The summed E-state index contributed by atoms with van der Waals surface area (Å²) in [6.07, 6.45) is 6.27. The van der Waals surface area contributed by atoms with E-state index in [1.54, 1.807) is 0 Å². The van der Waals surface area contributed by atoms with Crippen LogP contribution in [-0.4, -0.2) is 100 Å². The summed E-state index contributed by atoms with van der Waals surface area (Å²) >= 11 is 0. The Bertz CT molecular complexity index is 1060. The highest BCUT2D eigenvalue weighted by Gasteiger charge is 2.56. The number of piperazine rings is 1. The average molecular weight is 588 g/mol. The molecule has 5 saturated heterocycles. The fourth-order valence-corrected chi connectivity index (χ4v) is 8.84. The zero-order chi connectivity index (χ0) is 29.7. The van der Waals surface area contributed by atoms with Crippen LogP contribution < -0.4 is 26.9 Å². The molecule has 0 spiro atoms. The second-order valence-corrected chi connectivity index (χ2v) is 13.6. The third-order valence-corrected chi connectivity index (χ3v) is 10.6. The molecule has 5 fully saturated rings. The van der Waals surface area contributed by atoms with Gasteiger partial charge in [-0.3, -0.25) is 20.0 Å². The Kier molecular flexibility index (Phi) is 8.43. The Morgan fingerprint density at radius 3 is 2.60 bits per heavy atom. The van der Waals surface area contributed by atoms with Gasteiger partial charge in [-0.1, -0.05) is 26.8 Å². The third-order valence-electron chi connectivity index (χ3n) is 10.6. The van der Waals surface area contributed by atoms with Gasteiger partial charge in [-0.15, -0.1) is 5.53 Å². The van der Waals surface area contributed by atoms with Crippen molar-refractivity contribution in [3.63, 3.8) is 0 Å². The van der Waals surface area contributed by atoms with E-state index in [0.717, 1.165) is 44.3 Å². The number of urea groups is 1. The van der Waals surface area contributed by atoms with Gasteiger partial charge in [0, 0.05) is 43.3 Å². The summed E-state index contributed by atoms with van der Waals surface area (Å²) in [5, 5.41) is 12.7. The van der Waals surface area contributed by atoms with Crippen molar-refractivity contribution in [1.82, 2.24) is 46.6 Å². The van der Waals surface area contributed by atoms with Gasteiger partial charge in [0.1, 0.15) is 12.3 Å². The van der Waals surface area contributed by atoms with Crippen LogP contribution in [0.3, 0.4) is 0 Å². The van der Waals surface area contributed by atoms with Gasteiger partial charge in [-0.05, 0) is 70.4 Å². The average Bonchev–Trinajstić information content (AvgIpc) is 3.41. The standard InChI is InChI=1S/C30H50FN9O2/c1-6-24(41)38-18(4)15-37(16-19(38)5)27-22-13-23(31)29-34-28(22)39(30(42)35-27)26-20(11-12-32-25(26)17(2)3)9-7-8-10-21-14-33-36-40(21)29/h6,14,17-20,22-23,25-29,32-34,36H,1,7-13,15-16H2,2-5H3,(H,35,42). The molecule has 234 valence electrons. The number of alkyl halides is 1. The minimum absolute atomic E-state index is 0.00974. The molecule has 5 N–H and O–H groups in total. The van der Waals surface area contributed by atoms with Crippen molar-refractivity contribution >= 4 is 11.9 Å². The van der Waals surface area contributed by atoms with Gasteiger partial charge >= 0.3 is 6.03 Å². The lowest BCUT2D eigenvalue weighted by molar-refractivity contribution is -0.138. The molecule has 6 aliphatic rings. The highest BCUT2D eigenvalue weighted by molar-refractivity contribution is 5.87. The Labute approximate surface area is 249 Å². The molecule has 0 radical (unpaired) electrons. The molecule has 42 heavy (non-hydrogen) atoms. The number of carbonyl (C=O) groups excluding carboxylic acids is 2. The number of hydrogen-bond donors (Lipinski definition) is 5. The van der Waals surface area contributed by atoms with Gasteiger partial charge in [-0.2, -0.15) is 0 Å². The number of nitrogens with zero attached hydrogens (tertiary/aromatic N) is 4. The monoisotopic (exact) mass is 587 g/mol. The minimum atomic E-state index is -1.15. The SMILES string of the molecule is C=CC(=O)N1C(C)CN(C2NC(=O)N3C4NC(C(F)CC24)N2NNC=C2CCCCC2CCNC(C(C)C)C23)CC1C. The Morgan fingerprint density at radius 1 is 1.12 bits per heavy atom. The van der Waals surface area contributed by atoms with Crippen LogP contribution in [0.25, 0.3) is 0 Å². The molecule has 0 aromatic rings. The van der Waals surface area contributed by atoms with Gasteiger partial charge in [0.15, 0.2) is 0 Å². The molecule has 6 heterocycles. The van der Waals surface area contributed by atoms with Crippen molar-refractivity contribution in [2.75, 3.05) is 19.6 Å². The van der Waals surface area contributed by atoms with E-state index in [9.17, 15) is 9.59 Å². The van der Waals surface area contributed by atoms with Crippen LogP contribution in [0.4, 0.5) is 9.18 Å². The van der Waals surface area contributed by atoms with E-state index in [1.807, 2.05) is 30.0 Å². The Morgan fingerprint density at radius 2 is 1.88 bits per heavy atom. The van der Waals surface area contributed by atoms with Crippen molar-refractivity contribution in [1.29, 1.82) is 0 Å². The summed E-state index contributed by atoms with van der Waals surface area (Å²) < 4.78 is 16.3. The van der Waals surface area contributed by atoms with E-state index in [2.05, 4.69) is 57.1 Å². The maximum absolute atomic E-state index is 16.3. The highest BCUT2D eigenvalue weighted by Crippen LogP contribution is 2.40. The van der Waals surface area contributed by atoms with E-state index in [1.165, 1.54) is 6.08 Å². The van der Waals surface area contributed by atoms with E-state index < -0.39 is 12.3 Å². The third kappa shape index (κ3) is 5.18. The number of fused-ring (bicyclic) bond motifs is 5. The van der Waals surface area contributed by atoms with Crippen molar-refractivity contribution in [2.45, 2.75) is 115 Å². The molecule has 6 aliphatic heterocycles. The van der Waals surface area contributed by atoms with Crippen LogP contribution in [0.1, 0.15) is 66.2 Å². The largest absolute Gasteiger partial charge is 0.331 e. The second kappa shape index (κ2) is 11.9. The first-order valence-corrected chi connectivity index (χ1v) is 16.1. The van der Waals surface area contributed by atoms with Crippen molar-refractivity contribution in [2.24, 2.45) is 17.8 Å². The van der Waals surface area contributed by atoms with Gasteiger partial charge in [-0.25, -0.2) is 9.18 Å². The van der Waals surface area contributed by atoms with Crippen LogP contribution >= 0.6 is 0 Å². The van der Waals surface area contributed by atoms with Gasteiger partial charge in [0.2, 0.25) is 5.91 Å². The number of piperidine rings is 2. The van der Waals surface area contributed by atoms with E-state index in [0.29, 0.717) is 31.3 Å². The number of rotatable bonds is 3. The highest BCUT2D eigenvalue weighted by atomic mass is 19.1. The quantitative estimate of drug-likeness (QED) is 0.319. The number of halogens is 1. The predicted octanol–water partition coefficient (Wildman–Crippen LogP) is 1.79. The normalized spacial score (nSPS) is 41.0. The van der Waals surface area contributed by atoms with Crippen molar-refractivity contribution in [3.8, 4) is 0 Å². The number of carbonyl (C=O) groups is 2. The number of amides is 3. The van der Waals surface area contributed by atoms with E-state index >= 15 is 4.39 Å². The number of allylic oxidation sites excluding steroid dienone is 1. The first-order valence-electron chi connectivity index (χ1n) is 16.1. The van der Waals surface area contributed by atoms with Crippen molar-refractivity contribution in [3.05, 3.63) is 24.6 Å². The van der Waals surface area contributed by atoms with Crippen molar-refractivity contribution < 1.29 is 14.0 Å². The zero-order valence-electron chi connectivity index (χ0n) is 25.6. The maximum atomic E-state index is 16.3. The fraction of sp³-hybridized carbons (Fsp3) is 0.800. The molecule has 2 bridgehead atoms. The molecule has 3 amide bonds. The molecule has 11 nitrogen and oxygen atoms in total. The molecule has 0 saturated carbocycles. The molecular formula is C30H50FN9O2. The number of hydrazine groups is 2. The summed E-state index contributed by atoms with van der Waals surface area (Å²) in [5.41, 5.74) is 7.30. The van der Waals surface area contributed by atoms with E-state index in [-0.39, 0.29) is 54.4 Å². The molecular weight excluding hydrogens is 537 g/mol. The molecule has 10 unspecified atom stereocenters. The Hall–Kier alpha value is -2.41. The van der Waals surface area contributed by atoms with Crippen LogP contribution in [0.2, 0.25) is 0 Å². The van der Waals surface area contributed by atoms with Gasteiger partial charge < -0.3 is 25.9 Å². The van der Waals surface area contributed by atoms with Crippen LogP contribution in [0.5, 0.6) is 0 Å². The first-order chi connectivity index (χ1) is 20.2. The summed E-state index contributed by atoms with van der Waals surface area (Å²) in [6.45, 7) is 14.4. The number of nitrogens with one attached hydrogen (secondary N) is 5. The topological polar surface area (TPSA) is 107 Å². The maximum Gasteiger partial charge on any atom is 0.320 e. The van der Waals surface area contributed by atoms with Crippen LogP contribution in [0, 0.1) is 17.8 Å². The van der Waals surface area contributed by atoms with Crippen LogP contribution in [0.15, 0.2) is 24.6 Å². The molecule has 0 aliphatic carbocycles. The minimum Gasteiger partial charge on any atom is -0.331 e. The molecule has 12 heteroatoms. The molecule has 10 atom stereocenters. The first kappa shape index (κ1) is 29.7. The summed E-state index contributed by atoms with van der Waals surface area (Å²) in [7, 11) is 0. The molecule has 0 aromatic carbocycles. The van der Waals surface area contributed by atoms with Gasteiger partial charge in [0.05, 0.1) is 24.1 Å². The zero-order valence-corrected chi connectivity index (χ0v) is 25.6. The molecule has 6 rings (SSSR count). The lowest BCUT2D eigenvalue weighted by atomic mass is 9.76. The lowest BCUT2D eigenvalue weighted by Crippen LogP contribution is -2.80. The molecule has 0 aromatic heterocycles. The predicted molar refractivity (Wildman–Crippen MR) is 159 cm³/mol. The fourth-order valence-electron chi connectivity index (χ4n) is 8.84. The summed E-state index contributed by atoms with van der Waals surface area (Å²) in [4.78, 5) is 33.2. The van der Waals surface area contributed by atoms with Gasteiger partial charge in [0.25, 0.3) is 0 Å². The number of hydrogen-bond acceptors (Lipinski definition) is 8. The lowest BCUT2D eigenvalue weighted by Gasteiger charge is -2.60.